The van der Waals surface area contributed by atoms with Crippen LogP contribution in [-0.4, -0.2) is 31.0 Å². The molecule has 1 aromatic carbocycles. The van der Waals surface area contributed by atoms with Crippen molar-refractivity contribution in [1.29, 1.82) is 0 Å². The van der Waals surface area contributed by atoms with Crippen LogP contribution in [0.15, 0.2) is 54.3 Å². The van der Waals surface area contributed by atoms with Crippen LogP contribution in [0.4, 0.5) is 32.0 Å². The molecule has 0 N–H and O–H groups in total. The molecule has 0 aromatic heterocycles. The summed E-state index contributed by atoms with van der Waals surface area (Å²) >= 11 is 0. The number of rotatable bonds is 5. The summed E-state index contributed by atoms with van der Waals surface area (Å²) in [7, 11) is 1.48. The molecule has 0 heterocycles. The number of anilines is 1. The quantitative estimate of drug-likeness (QED) is 0.266. The fourth-order valence-corrected chi connectivity index (χ4v) is 1.58. The molecular formula is C15H11F6NO2. The summed E-state index contributed by atoms with van der Waals surface area (Å²) in [5, 5.41) is 0. The van der Waals surface area contributed by atoms with Crippen LogP contribution < -0.4 is 4.90 Å². The van der Waals surface area contributed by atoms with Gasteiger partial charge in [-0.25, -0.2) is 0 Å². The number of hydrogen-bond donors (Lipinski definition) is 0. The minimum Gasteiger partial charge on any atom is -0.351 e. The molecule has 1 aromatic rings. The molecule has 0 saturated carbocycles. The Labute approximate surface area is 132 Å². The molecule has 0 fully saturated rings. The molecule has 130 valence electrons. The van der Waals surface area contributed by atoms with E-state index in [9.17, 15) is 35.9 Å². The summed E-state index contributed by atoms with van der Waals surface area (Å²) in [5.41, 5.74) is -1.40. The summed E-state index contributed by atoms with van der Waals surface area (Å²) in [6.45, 7) is 0. The average Bonchev–Trinajstić information content (AvgIpc) is 2.49. The van der Waals surface area contributed by atoms with Crippen LogP contribution in [0.1, 0.15) is 0 Å². The minimum atomic E-state index is -5.59. The van der Waals surface area contributed by atoms with Crippen molar-refractivity contribution in [1.82, 2.24) is 0 Å². The first-order valence-corrected chi connectivity index (χ1v) is 6.34. The maximum atomic E-state index is 12.4. The Morgan fingerprint density at radius 3 is 1.79 bits per heavy atom. The van der Waals surface area contributed by atoms with E-state index in [-0.39, 0.29) is 6.08 Å². The third kappa shape index (κ3) is 5.25. The van der Waals surface area contributed by atoms with Gasteiger partial charge in [-0.2, -0.15) is 26.3 Å². The SMILES string of the molecule is CN(/C=C/C=C(C(=O)C(F)(F)F)C(=O)C(F)(F)F)c1ccccc1. The number of para-hydroxylation sites is 1. The lowest BCUT2D eigenvalue weighted by molar-refractivity contribution is -0.175. The first-order valence-electron chi connectivity index (χ1n) is 6.34. The Hall–Kier alpha value is -2.58. The van der Waals surface area contributed by atoms with Crippen molar-refractivity contribution >= 4 is 17.3 Å². The molecule has 0 unspecified atom stereocenters. The number of hydrogen-bond acceptors (Lipinski definition) is 3. The number of benzene rings is 1. The fraction of sp³-hybridized carbons (Fsp3) is 0.200. The van der Waals surface area contributed by atoms with Gasteiger partial charge < -0.3 is 4.90 Å². The van der Waals surface area contributed by atoms with Gasteiger partial charge in [0.05, 0.1) is 5.57 Å². The van der Waals surface area contributed by atoms with Crippen LogP contribution in [0.5, 0.6) is 0 Å². The van der Waals surface area contributed by atoms with Gasteiger partial charge in [-0.3, -0.25) is 9.59 Å². The summed E-state index contributed by atoms with van der Waals surface area (Å²) in [5.74, 6) is -5.70. The number of nitrogens with zero attached hydrogens (tertiary/aromatic N) is 1. The summed E-state index contributed by atoms with van der Waals surface area (Å²) < 4.78 is 74.1. The molecule has 0 aliphatic rings. The van der Waals surface area contributed by atoms with Crippen molar-refractivity contribution in [3.63, 3.8) is 0 Å². The maximum Gasteiger partial charge on any atom is 0.455 e. The molecular weight excluding hydrogens is 340 g/mol. The second-order valence-corrected chi connectivity index (χ2v) is 4.52. The van der Waals surface area contributed by atoms with E-state index in [1.165, 1.54) is 11.9 Å². The Balaban J connectivity index is 3.11. The molecule has 24 heavy (non-hydrogen) atoms. The molecule has 0 aliphatic heterocycles. The normalized spacial score (nSPS) is 12.1. The first kappa shape index (κ1) is 19.5. The maximum absolute atomic E-state index is 12.4. The lowest BCUT2D eigenvalue weighted by atomic mass is 10.1. The number of allylic oxidation sites excluding steroid dienone is 3. The third-order valence-corrected chi connectivity index (χ3v) is 2.74. The Bertz CT molecular complexity index is 631. The van der Waals surface area contributed by atoms with E-state index in [1.54, 1.807) is 30.3 Å². The number of halogens is 6. The highest BCUT2D eigenvalue weighted by molar-refractivity contribution is 6.23. The van der Waals surface area contributed by atoms with Gasteiger partial charge in [-0.1, -0.05) is 18.2 Å². The molecule has 1 rings (SSSR count). The zero-order valence-corrected chi connectivity index (χ0v) is 12.2. The number of alkyl halides is 6. The molecule has 0 amide bonds. The van der Waals surface area contributed by atoms with Gasteiger partial charge in [-0.05, 0) is 24.3 Å². The van der Waals surface area contributed by atoms with Crippen molar-refractivity contribution in [3.05, 3.63) is 54.3 Å². The Morgan fingerprint density at radius 2 is 1.38 bits per heavy atom. The monoisotopic (exact) mass is 351 g/mol. The Morgan fingerprint density at radius 1 is 0.917 bits per heavy atom. The third-order valence-electron chi connectivity index (χ3n) is 2.74. The standard InChI is InChI=1S/C15H11F6NO2/c1-22(10-6-3-2-4-7-10)9-5-8-11(12(23)14(16,17)18)13(24)15(19,20)21/h2-9H,1H3/b9-5+. The van der Waals surface area contributed by atoms with Gasteiger partial charge in [0.2, 0.25) is 0 Å². The second-order valence-electron chi connectivity index (χ2n) is 4.52. The fourth-order valence-electron chi connectivity index (χ4n) is 1.58. The van der Waals surface area contributed by atoms with Crippen molar-refractivity contribution in [2.24, 2.45) is 0 Å². The van der Waals surface area contributed by atoms with Crippen molar-refractivity contribution in [2.75, 3.05) is 11.9 Å². The van der Waals surface area contributed by atoms with Crippen LogP contribution in [0, 0.1) is 0 Å². The van der Waals surface area contributed by atoms with Crippen molar-refractivity contribution in [2.45, 2.75) is 12.4 Å². The molecule has 0 atom stereocenters. The highest BCUT2D eigenvalue weighted by Gasteiger charge is 2.49. The van der Waals surface area contributed by atoms with Crippen molar-refractivity contribution < 1.29 is 35.9 Å². The van der Waals surface area contributed by atoms with Crippen LogP contribution in [-0.2, 0) is 9.59 Å². The number of carbonyl (C=O) groups is 2. The highest BCUT2D eigenvalue weighted by Crippen LogP contribution is 2.27. The van der Waals surface area contributed by atoms with E-state index in [0.29, 0.717) is 5.69 Å². The molecule has 0 bridgehead atoms. The molecule has 0 aliphatic carbocycles. The van der Waals surface area contributed by atoms with E-state index in [4.69, 9.17) is 0 Å². The number of ketones is 2. The zero-order valence-electron chi connectivity index (χ0n) is 12.2. The van der Waals surface area contributed by atoms with Crippen LogP contribution in [0.3, 0.4) is 0 Å². The van der Waals surface area contributed by atoms with E-state index < -0.39 is 29.5 Å². The molecule has 9 heteroatoms. The predicted molar refractivity (Wildman–Crippen MR) is 74.2 cm³/mol. The van der Waals surface area contributed by atoms with Gasteiger partial charge in [0.25, 0.3) is 11.6 Å². The average molecular weight is 351 g/mol. The van der Waals surface area contributed by atoms with E-state index in [2.05, 4.69) is 0 Å². The summed E-state index contributed by atoms with van der Waals surface area (Å²) in [4.78, 5) is 23.5. The van der Waals surface area contributed by atoms with Crippen molar-refractivity contribution in [3.8, 4) is 0 Å². The summed E-state index contributed by atoms with van der Waals surface area (Å²) in [6, 6.07) is 8.32. The lowest BCUT2D eigenvalue weighted by Crippen LogP contribution is -2.34. The van der Waals surface area contributed by atoms with E-state index in [0.717, 1.165) is 12.3 Å². The van der Waals surface area contributed by atoms with Crippen LogP contribution in [0.25, 0.3) is 0 Å². The molecule has 3 nitrogen and oxygen atoms in total. The Kier molecular flexibility index (Phi) is 5.94. The topological polar surface area (TPSA) is 37.4 Å². The van der Waals surface area contributed by atoms with Gasteiger partial charge in [0.1, 0.15) is 0 Å². The lowest BCUT2D eigenvalue weighted by Gasteiger charge is -2.13. The molecule has 0 radical (unpaired) electrons. The largest absolute Gasteiger partial charge is 0.455 e. The van der Waals surface area contributed by atoms with Crippen LogP contribution >= 0.6 is 0 Å². The number of carbonyl (C=O) groups excluding carboxylic acids is 2. The summed E-state index contributed by atoms with van der Waals surface area (Å²) in [6.07, 6.45) is -9.11. The van der Waals surface area contributed by atoms with E-state index >= 15 is 0 Å². The van der Waals surface area contributed by atoms with Gasteiger partial charge in [0.15, 0.2) is 0 Å². The second kappa shape index (κ2) is 7.33. The minimum absolute atomic E-state index is 0.199. The van der Waals surface area contributed by atoms with Gasteiger partial charge in [0, 0.05) is 18.9 Å². The van der Waals surface area contributed by atoms with Gasteiger partial charge >= 0.3 is 12.4 Å². The van der Waals surface area contributed by atoms with Crippen LogP contribution in [0.2, 0.25) is 0 Å². The predicted octanol–water partition coefficient (Wildman–Crippen LogP) is 3.83. The highest BCUT2D eigenvalue weighted by atomic mass is 19.4. The van der Waals surface area contributed by atoms with Gasteiger partial charge in [-0.15, -0.1) is 0 Å². The molecule has 0 spiro atoms. The van der Waals surface area contributed by atoms with E-state index in [1.807, 2.05) is 0 Å². The number of Topliss-reactive ketones (excluding diaryl/α,β-unsaturated/α-hetero) is 2. The molecule has 0 saturated heterocycles. The zero-order chi connectivity index (χ0) is 18.5. The first-order chi connectivity index (χ1) is 10.9. The smallest absolute Gasteiger partial charge is 0.351 e.